The van der Waals surface area contributed by atoms with E-state index in [1.54, 1.807) is 6.20 Å². The molecule has 0 bridgehead atoms. The molecule has 6 heteroatoms. The lowest BCUT2D eigenvalue weighted by Gasteiger charge is -2.30. The average Bonchev–Trinajstić information content (AvgIpc) is 2.55. The number of rotatable bonds is 6. The average molecular weight is 350 g/mol. The first-order chi connectivity index (χ1) is 11.6. The van der Waals surface area contributed by atoms with Gasteiger partial charge in [0.1, 0.15) is 0 Å². The molecule has 2 aromatic rings. The Kier molecular flexibility index (Phi) is 6.03. The van der Waals surface area contributed by atoms with Gasteiger partial charge in [-0.25, -0.2) is 0 Å². The van der Waals surface area contributed by atoms with Crippen LogP contribution in [-0.2, 0) is 11.3 Å². The number of likely N-dealkylation sites (N-methyl/N-ethyl adjacent to an activating group) is 1. The number of hydrogen-bond acceptors (Lipinski definition) is 5. The molecule has 1 aliphatic heterocycles. The number of aliphatic hydroxyl groups excluding tert-OH is 1. The standard InChI is InChI=1S/C18H24ClN3O2/c1-21(12-17(23)13-22-5-7-24-8-6-22)11-15-10-16(19)9-14-3-2-4-20-18(14)15/h2-4,9-10,17,23H,5-8,11-13H2,1H3. The van der Waals surface area contributed by atoms with Crippen LogP contribution in [0.25, 0.3) is 10.9 Å². The Labute approximate surface area is 147 Å². The van der Waals surface area contributed by atoms with E-state index >= 15 is 0 Å². The quantitative estimate of drug-likeness (QED) is 0.864. The van der Waals surface area contributed by atoms with Gasteiger partial charge in [-0.1, -0.05) is 17.7 Å². The fourth-order valence-corrected chi connectivity index (χ4v) is 3.45. The summed E-state index contributed by atoms with van der Waals surface area (Å²) in [5, 5.41) is 12.1. The predicted molar refractivity (Wildman–Crippen MR) is 96.4 cm³/mol. The van der Waals surface area contributed by atoms with E-state index in [0.29, 0.717) is 24.7 Å². The molecule has 5 nitrogen and oxygen atoms in total. The smallest absolute Gasteiger partial charge is 0.0793 e. The molecule has 1 atom stereocenters. The van der Waals surface area contributed by atoms with Crippen LogP contribution < -0.4 is 0 Å². The fraction of sp³-hybridized carbons (Fsp3) is 0.500. The van der Waals surface area contributed by atoms with Gasteiger partial charge in [-0.05, 0) is 30.8 Å². The molecule has 1 aliphatic rings. The topological polar surface area (TPSA) is 48.8 Å². The molecule has 1 saturated heterocycles. The monoisotopic (exact) mass is 349 g/mol. The normalized spacial score (nSPS) is 17.5. The van der Waals surface area contributed by atoms with E-state index in [1.165, 1.54) is 0 Å². The molecule has 0 aliphatic carbocycles. The van der Waals surface area contributed by atoms with Crippen molar-refractivity contribution in [3.05, 3.63) is 41.0 Å². The zero-order valence-electron chi connectivity index (χ0n) is 14.0. The van der Waals surface area contributed by atoms with Crippen molar-refractivity contribution < 1.29 is 9.84 Å². The predicted octanol–water partition coefficient (Wildman–Crippen LogP) is 2.01. The summed E-state index contributed by atoms with van der Waals surface area (Å²) < 4.78 is 5.34. The summed E-state index contributed by atoms with van der Waals surface area (Å²) >= 11 is 6.23. The van der Waals surface area contributed by atoms with E-state index in [9.17, 15) is 5.11 Å². The molecule has 1 aromatic heterocycles. The highest BCUT2D eigenvalue weighted by atomic mass is 35.5. The fourth-order valence-electron chi connectivity index (χ4n) is 3.20. The van der Waals surface area contributed by atoms with E-state index in [0.717, 1.165) is 42.8 Å². The molecule has 1 unspecified atom stereocenters. The number of ether oxygens (including phenoxy) is 1. The van der Waals surface area contributed by atoms with E-state index in [-0.39, 0.29) is 6.10 Å². The summed E-state index contributed by atoms with van der Waals surface area (Å²) in [7, 11) is 2.01. The van der Waals surface area contributed by atoms with Crippen LogP contribution in [0.5, 0.6) is 0 Å². The summed E-state index contributed by atoms with van der Waals surface area (Å²) in [6, 6.07) is 7.83. The second-order valence-electron chi connectivity index (χ2n) is 6.40. The van der Waals surface area contributed by atoms with Gasteiger partial charge in [0.15, 0.2) is 0 Å². The number of nitrogens with zero attached hydrogens (tertiary/aromatic N) is 3. The first-order valence-electron chi connectivity index (χ1n) is 8.31. The lowest BCUT2D eigenvalue weighted by atomic mass is 10.1. The van der Waals surface area contributed by atoms with Crippen molar-refractivity contribution >= 4 is 22.5 Å². The molecule has 0 amide bonds. The summed E-state index contributed by atoms with van der Waals surface area (Å²) in [5.74, 6) is 0. The lowest BCUT2D eigenvalue weighted by Crippen LogP contribution is -2.43. The first kappa shape index (κ1) is 17.6. The summed E-state index contributed by atoms with van der Waals surface area (Å²) in [5.41, 5.74) is 2.05. The molecule has 0 radical (unpaired) electrons. The van der Waals surface area contributed by atoms with Gasteiger partial charge in [0.2, 0.25) is 0 Å². The molecule has 0 saturated carbocycles. The Morgan fingerprint density at radius 2 is 2.17 bits per heavy atom. The third-order valence-electron chi connectivity index (χ3n) is 4.28. The molecule has 1 N–H and O–H groups in total. The van der Waals surface area contributed by atoms with Crippen molar-refractivity contribution in [2.45, 2.75) is 12.6 Å². The molecule has 3 rings (SSSR count). The molecule has 130 valence electrons. The minimum Gasteiger partial charge on any atom is -0.390 e. The van der Waals surface area contributed by atoms with Gasteiger partial charge in [0.05, 0.1) is 24.8 Å². The molecule has 2 heterocycles. The van der Waals surface area contributed by atoms with Crippen molar-refractivity contribution in [3.8, 4) is 0 Å². The van der Waals surface area contributed by atoms with Gasteiger partial charge in [-0.15, -0.1) is 0 Å². The minimum absolute atomic E-state index is 0.383. The van der Waals surface area contributed by atoms with Crippen molar-refractivity contribution in [2.75, 3.05) is 46.4 Å². The van der Waals surface area contributed by atoms with E-state index < -0.39 is 0 Å². The first-order valence-corrected chi connectivity index (χ1v) is 8.69. The van der Waals surface area contributed by atoms with Crippen molar-refractivity contribution in [1.29, 1.82) is 0 Å². The van der Waals surface area contributed by atoms with E-state index in [1.807, 2.05) is 31.3 Å². The summed E-state index contributed by atoms with van der Waals surface area (Å²) in [6.07, 6.45) is 1.42. The zero-order valence-corrected chi connectivity index (χ0v) is 14.7. The second kappa shape index (κ2) is 8.23. The van der Waals surface area contributed by atoms with E-state index in [4.69, 9.17) is 16.3 Å². The van der Waals surface area contributed by atoms with Crippen molar-refractivity contribution in [2.24, 2.45) is 0 Å². The SMILES string of the molecule is CN(Cc1cc(Cl)cc2cccnc12)CC(O)CN1CCOCC1. The third-order valence-corrected chi connectivity index (χ3v) is 4.50. The van der Waals surface area contributed by atoms with Gasteiger partial charge < -0.3 is 9.84 Å². The number of halogens is 1. The highest BCUT2D eigenvalue weighted by molar-refractivity contribution is 6.31. The van der Waals surface area contributed by atoms with Gasteiger partial charge in [-0.3, -0.25) is 14.8 Å². The molecule has 24 heavy (non-hydrogen) atoms. The van der Waals surface area contributed by atoms with Crippen LogP contribution in [0, 0.1) is 0 Å². The Balaban J connectivity index is 1.61. The number of β-amino-alcohol motifs (C(OH)–C–C–N with tert-alkyl or cyclic N) is 1. The minimum atomic E-state index is -0.383. The van der Waals surface area contributed by atoms with Crippen molar-refractivity contribution in [3.63, 3.8) is 0 Å². The number of benzene rings is 1. The maximum absolute atomic E-state index is 10.4. The Morgan fingerprint density at radius 1 is 1.38 bits per heavy atom. The maximum Gasteiger partial charge on any atom is 0.0793 e. The molecule has 0 spiro atoms. The summed E-state index contributed by atoms with van der Waals surface area (Å²) in [6.45, 7) is 5.29. The molecular formula is C18H24ClN3O2. The van der Waals surface area contributed by atoms with Crippen LogP contribution in [0.4, 0.5) is 0 Å². The Morgan fingerprint density at radius 3 is 2.96 bits per heavy atom. The van der Waals surface area contributed by atoms with E-state index in [2.05, 4.69) is 14.8 Å². The number of hydrogen-bond donors (Lipinski definition) is 1. The van der Waals surface area contributed by atoms with Gasteiger partial charge >= 0.3 is 0 Å². The Hall–Kier alpha value is -1.24. The number of fused-ring (bicyclic) bond motifs is 1. The molecule has 1 fully saturated rings. The molecular weight excluding hydrogens is 326 g/mol. The molecule has 1 aromatic carbocycles. The third kappa shape index (κ3) is 4.65. The maximum atomic E-state index is 10.4. The Bertz CT molecular complexity index is 676. The number of aliphatic hydroxyl groups is 1. The van der Waals surface area contributed by atoms with Gasteiger partial charge in [0.25, 0.3) is 0 Å². The number of pyridine rings is 1. The zero-order chi connectivity index (χ0) is 16.9. The summed E-state index contributed by atoms with van der Waals surface area (Å²) in [4.78, 5) is 8.84. The van der Waals surface area contributed by atoms with Crippen molar-refractivity contribution in [1.82, 2.24) is 14.8 Å². The van der Waals surface area contributed by atoms with Crippen LogP contribution >= 0.6 is 11.6 Å². The van der Waals surface area contributed by atoms with Crippen LogP contribution in [0.15, 0.2) is 30.5 Å². The van der Waals surface area contributed by atoms with Gasteiger partial charge in [-0.2, -0.15) is 0 Å². The number of morpholine rings is 1. The highest BCUT2D eigenvalue weighted by Crippen LogP contribution is 2.23. The van der Waals surface area contributed by atoms with Crippen LogP contribution in [0.3, 0.4) is 0 Å². The van der Waals surface area contributed by atoms with Crippen LogP contribution in [-0.4, -0.2) is 72.4 Å². The second-order valence-corrected chi connectivity index (χ2v) is 6.84. The van der Waals surface area contributed by atoms with Gasteiger partial charge in [0, 0.05) is 49.3 Å². The lowest BCUT2D eigenvalue weighted by molar-refractivity contribution is 0.00827. The largest absolute Gasteiger partial charge is 0.390 e. The highest BCUT2D eigenvalue weighted by Gasteiger charge is 2.17. The van der Waals surface area contributed by atoms with Crippen LogP contribution in [0.2, 0.25) is 5.02 Å². The van der Waals surface area contributed by atoms with Crippen LogP contribution in [0.1, 0.15) is 5.56 Å². The number of aromatic nitrogens is 1.